The Morgan fingerprint density at radius 3 is 2.68 bits per heavy atom. The number of amides is 1. The Morgan fingerprint density at radius 1 is 1.05 bits per heavy atom. The zero-order valence-corrected chi connectivity index (χ0v) is 23.9. The molecule has 3 heterocycles. The van der Waals surface area contributed by atoms with Crippen LogP contribution in [0.25, 0.3) is 6.08 Å². The summed E-state index contributed by atoms with van der Waals surface area (Å²) < 4.78 is 1.89. The van der Waals surface area contributed by atoms with Gasteiger partial charge in [0.25, 0.3) is 0 Å². The van der Waals surface area contributed by atoms with Crippen molar-refractivity contribution in [3.05, 3.63) is 89.9 Å². The molecule has 2 N–H and O–H groups in total. The third-order valence-corrected chi connectivity index (χ3v) is 10.2. The summed E-state index contributed by atoms with van der Waals surface area (Å²) in [7, 11) is 0. The molecule has 6 heteroatoms. The van der Waals surface area contributed by atoms with Crippen molar-refractivity contribution in [2.75, 3.05) is 23.3 Å². The van der Waals surface area contributed by atoms with Gasteiger partial charge in [0.05, 0.1) is 11.6 Å². The van der Waals surface area contributed by atoms with E-state index in [4.69, 9.17) is 0 Å². The number of phenols is 1. The van der Waals surface area contributed by atoms with Crippen molar-refractivity contribution in [1.29, 1.82) is 0 Å². The van der Waals surface area contributed by atoms with Crippen molar-refractivity contribution in [3.8, 4) is 5.75 Å². The predicted molar refractivity (Wildman–Crippen MR) is 156 cm³/mol. The maximum Gasteiger partial charge on any atom is 0.233 e. The number of aromatic hydroxyl groups is 1. The number of hydrogen-bond donors (Lipinski definition) is 2. The number of benzene rings is 3. The molecule has 4 nitrogen and oxygen atoms in total. The summed E-state index contributed by atoms with van der Waals surface area (Å²) in [5.41, 5.74) is 11.3. The first-order chi connectivity index (χ1) is 17.9. The van der Waals surface area contributed by atoms with Crippen molar-refractivity contribution in [3.63, 3.8) is 0 Å². The fourth-order valence-corrected chi connectivity index (χ4v) is 8.43. The fraction of sp³-hybridized carbons (Fsp3) is 0.323. The highest BCUT2D eigenvalue weighted by atomic mass is 79.9. The maximum absolute atomic E-state index is 13.6. The number of aryl methyl sites for hydroxylation is 1. The smallest absolute Gasteiger partial charge is 0.233 e. The van der Waals surface area contributed by atoms with E-state index in [0.717, 1.165) is 75.7 Å². The van der Waals surface area contributed by atoms with Crippen LogP contribution in [-0.4, -0.2) is 24.1 Å². The molecule has 37 heavy (non-hydrogen) atoms. The Bertz CT molecular complexity index is 1520. The van der Waals surface area contributed by atoms with Crippen LogP contribution in [0.5, 0.6) is 5.75 Å². The van der Waals surface area contributed by atoms with Crippen molar-refractivity contribution >= 4 is 55.2 Å². The molecule has 1 amide bonds. The Morgan fingerprint density at radius 2 is 1.84 bits per heavy atom. The predicted octanol–water partition coefficient (Wildman–Crippen LogP) is 7.38. The normalized spacial score (nSPS) is 21.3. The molecule has 188 valence electrons. The van der Waals surface area contributed by atoms with Crippen LogP contribution in [0.1, 0.15) is 63.6 Å². The Hall–Kier alpha value is -2.57. The second-order valence-corrected chi connectivity index (χ2v) is 12.5. The highest BCUT2D eigenvalue weighted by molar-refractivity contribution is 9.11. The highest BCUT2D eigenvalue weighted by Gasteiger charge is 2.44. The van der Waals surface area contributed by atoms with E-state index in [2.05, 4.69) is 85.4 Å². The molecule has 0 fully saturated rings. The van der Waals surface area contributed by atoms with Gasteiger partial charge in [0.1, 0.15) is 5.75 Å². The number of carbonyl (C=O) groups excluding carboxylic acids is 1. The monoisotopic (exact) mass is 618 g/mol. The summed E-state index contributed by atoms with van der Waals surface area (Å²) in [6, 6.07) is 12.7. The van der Waals surface area contributed by atoms with E-state index in [-0.39, 0.29) is 17.7 Å². The van der Waals surface area contributed by atoms with Crippen LogP contribution in [0.4, 0.5) is 11.4 Å². The van der Waals surface area contributed by atoms with Crippen molar-refractivity contribution < 1.29 is 9.90 Å². The summed E-state index contributed by atoms with van der Waals surface area (Å²) in [6.45, 7) is 4.25. The number of halogens is 2. The van der Waals surface area contributed by atoms with Gasteiger partial charge in [0.15, 0.2) is 0 Å². The second-order valence-electron chi connectivity index (χ2n) is 10.8. The molecule has 0 saturated heterocycles. The SMILES string of the molecule is Cc1c(Br)cc(Br)c2c1C(C1C(Cc3cc4c5c(c3O)CCCN5CCC4)=Cc3ccccc31)C(=O)N2. The summed E-state index contributed by atoms with van der Waals surface area (Å²) in [4.78, 5) is 16.1. The molecule has 0 saturated carbocycles. The zero-order valence-electron chi connectivity index (χ0n) is 20.7. The van der Waals surface area contributed by atoms with Gasteiger partial charge in [-0.25, -0.2) is 0 Å². The lowest BCUT2D eigenvalue weighted by molar-refractivity contribution is -0.117. The van der Waals surface area contributed by atoms with Gasteiger partial charge in [0.2, 0.25) is 5.91 Å². The number of rotatable bonds is 3. The van der Waals surface area contributed by atoms with Crippen LogP contribution < -0.4 is 10.2 Å². The molecule has 3 aromatic carbocycles. The lowest BCUT2D eigenvalue weighted by atomic mass is 9.76. The lowest BCUT2D eigenvalue weighted by Crippen LogP contribution is -2.34. The van der Waals surface area contributed by atoms with E-state index < -0.39 is 0 Å². The van der Waals surface area contributed by atoms with E-state index in [0.29, 0.717) is 12.2 Å². The van der Waals surface area contributed by atoms with Crippen molar-refractivity contribution in [2.24, 2.45) is 0 Å². The standard InChI is InChI=1S/C31H28Br2N2O2/c1-16-23(32)15-24(33)28-25(16)27(31(37)34-28)26-19(12-17-6-2-3-8-21(17)26)14-20-13-18-7-4-10-35-11-5-9-22(29(18)35)30(20)36/h2-3,6,8,12-13,15,26-27,36H,4-5,7,9-11,14H2,1H3,(H,34,37). The average Bonchev–Trinajstić information content (AvgIpc) is 3.42. The summed E-state index contributed by atoms with van der Waals surface area (Å²) in [5.74, 6) is 0.0803. The van der Waals surface area contributed by atoms with Crippen LogP contribution in [-0.2, 0) is 24.1 Å². The first-order valence-corrected chi connectivity index (χ1v) is 14.7. The van der Waals surface area contributed by atoms with Gasteiger partial charge in [-0.05, 0) is 100 Å². The number of nitrogens with zero attached hydrogens (tertiary/aromatic N) is 1. The molecule has 4 aliphatic rings. The minimum Gasteiger partial charge on any atom is -0.507 e. The molecule has 0 aromatic heterocycles. The van der Waals surface area contributed by atoms with Gasteiger partial charge < -0.3 is 15.3 Å². The topological polar surface area (TPSA) is 52.6 Å². The van der Waals surface area contributed by atoms with Crippen LogP contribution in [0.3, 0.4) is 0 Å². The van der Waals surface area contributed by atoms with E-state index in [1.807, 2.05) is 6.07 Å². The minimum absolute atomic E-state index is 0.0323. The summed E-state index contributed by atoms with van der Waals surface area (Å²) in [6.07, 6.45) is 7.14. The third kappa shape index (κ3) is 3.55. The van der Waals surface area contributed by atoms with Crippen LogP contribution >= 0.6 is 31.9 Å². The quantitative estimate of drug-likeness (QED) is 0.322. The van der Waals surface area contributed by atoms with Crippen molar-refractivity contribution in [2.45, 2.75) is 50.9 Å². The van der Waals surface area contributed by atoms with E-state index in [9.17, 15) is 9.90 Å². The number of carbonyl (C=O) groups is 1. The van der Waals surface area contributed by atoms with Gasteiger partial charge in [-0.15, -0.1) is 0 Å². The van der Waals surface area contributed by atoms with E-state index in [1.165, 1.54) is 28.0 Å². The number of fused-ring (bicyclic) bond motifs is 2. The van der Waals surface area contributed by atoms with Gasteiger partial charge in [-0.3, -0.25) is 4.79 Å². The first-order valence-electron chi connectivity index (χ1n) is 13.1. The Balaban J connectivity index is 1.35. The number of allylic oxidation sites excluding steroid dienone is 1. The number of hydrogen-bond acceptors (Lipinski definition) is 3. The molecule has 7 rings (SSSR count). The molecule has 2 atom stereocenters. The molecule has 2 unspecified atom stereocenters. The van der Waals surface area contributed by atoms with Gasteiger partial charge in [0, 0.05) is 39.2 Å². The first kappa shape index (κ1) is 23.5. The minimum atomic E-state index is -0.327. The molecule has 0 bridgehead atoms. The zero-order chi connectivity index (χ0) is 25.4. The van der Waals surface area contributed by atoms with Gasteiger partial charge in [-0.2, -0.15) is 0 Å². The van der Waals surface area contributed by atoms with E-state index in [1.54, 1.807) is 0 Å². The molecular weight excluding hydrogens is 592 g/mol. The fourth-order valence-electron chi connectivity index (χ4n) is 7.14. The van der Waals surface area contributed by atoms with E-state index >= 15 is 0 Å². The largest absolute Gasteiger partial charge is 0.507 e. The molecular formula is C31H28Br2N2O2. The third-order valence-electron chi connectivity index (χ3n) is 8.74. The van der Waals surface area contributed by atoms with Crippen molar-refractivity contribution in [1.82, 2.24) is 0 Å². The Kier molecular flexibility index (Phi) is 5.56. The Labute approximate surface area is 234 Å². The highest BCUT2D eigenvalue weighted by Crippen LogP contribution is 2.54. The van der Waals surface area contributed by atoms with Crippen LogP contribution in [0, 0.1) is 6.92 Å². The summed E-state index contributed by atoms with van der Waals surface area (Å²) >= 11 is 7.38. The number of anilines is 2. The van der Waals surface area contributed by atoms with Gasteiger partial charge in [-0.1, -0.05) is 51.8 Å². The lowest BCUT2D eigenvalue weighted by Gasteiger charge is -2.37. The molecule has 1 aliphatic carbocycles. The maximum atomic E-state index is 13.6. The van der Waals surface area contributed by atoms with Crippen LogP contribution in [0.2, 0.25) is 0 Å². The number of phenolic OH excluding ortho intramolecular Hbond substituents is 1. The second kappa shape index (κ2) is 8.74. The molecule has 3 aliphatic heterocycles. The average molecular weight is 620 g/mol. The van der Waals surface area contributed by atoms with Crippen LogP contribution in [0.15, 0.2) is 50.9 Å². The molecule has 0 radical (unpaired) electrons. The molecule has 0 spiro atoms. The van der Waals surface area contributed by atoms with Gasteiger partial charge >= 0.3 is 0 Å². The summed E-state index contributed by atoms with van der Waals surface area (Å²) in [5, 5.41) is 14.7. The molecule has 3 aromatic rings. The number of nitrogens with one attached hydrogen (secondary N) is 1.